The minimum atomic E-state index is -1.51. The van der Waals surface area contributed by atoms with E-state index < -0.39 is 17.2 Å². The molecule has 1 amide bonds. The maximum absolute atomic E-state index is 13.7. The minimum Gasteiger partial charge on any atom is -0.379 e. The number of nitrogens with one attached hydrogen (secondary N) is 1. The number of amides is 1. The second-order valence-corrected chi connectivity index (χ2v) is 7.36. The molecule has 0 bridgehead atoms. The maximum atomic E-state index is 13.7. The predicted octanol–water partition coefficient (Wildman–Crippen LogP) is 3.04. The Kier molecular flexibility index (Phi) is 6.75. The summed E-state index contributed by atoms with van der Waals surface area (Å²) in [4.78, 5) is 14.5. The molecule has 2 aromatic carbocycles. The van der Waals surface area contributed by atoms with Crippen LogP contribution in [-0.2, 0) is 17.8 Å². The molecule has 3 rings (SSSR count). The van der Waals surface area contributed by atoms with Crippen molar-refractivity contribution in [2.75, 3.05) is 19.6 Å². The van der Waals surface area contributed by atoms with Gasteiger partial charge < -0.3 is 15.3 Å². The van der Waals surface area contributed by atoms with Crippen LogP contribution in [0.1, 0.15) is 30.4 Å². The van der Waals surface area contributed by atoms with Gasteiger partial charge in [-0.2, -0.15) is 0 Å². The molecule has 2 N–H and O–H groups in total. The van der Waals surface area contributed by atoms with Crippen LogP contribution in [-0.4, -0.2) is 41.1 Å². The lowest BCUT2D eigenvalue weighted by atomic mass is 9.91. The number of carbonyl (C=O) groups is 1. The first-order valence-corrected chi connectivity index (χ1v) is 9.68. The molecule has 0 spiro atoms. The Labute approximate surface area is 164 Å². The van der Waals surface area contributed by atoms with Crippen LogP contribution in [0.15, 0.2) is 48.5 Å². The Morgan fingerprint density at radius 1 is 1.14 bits per heavy atom. The molecular weight excluding hydrogens is 362 g/mol. The lowest BCUT2D eigenvalue weighted by Crippen LogP contribution is -2.58. The summed E-state index contributed by atoms with van der Waals surface area (Å²) in [5.74, 6) is -1.33. The summed E-state index contributed by atoms with van der Waals surface area (Å²) >= 11 is 0. The molecule has 1 aliphatic rings. The normalized spacial score (nSPS) is 19.8. The van der Waals surface area contributed by atoms with Crippen molar-refractivity contribution in [2.45, 2.75) is 37.8 Å². The van der Waals surface area contributed by atoms with E-state index in [0.717, 1.165) is 31.0 Å². The summed E-state index contributed by atoms with van der Waals surface area (Å²) in [5, 5.41) is 13.7. The van der Waals surface area contributed by atoms with Crippen LogP contribution in [0.4, 0.5) is 8.78 Å². The molecule has 0 radical (unpaired) electrons. The highest BCUT2D eigenvalue weighted by atomic mass is 19.1. The van der Waals surface area contributed by atoms with E-state index in [-0.39, 0.29) is 24.6 Å². The number of aryl methyl sites for hydroxylation is 1. The number of halogens is 2. The number of likely N-dealkylation sites (tertiary alicyclic amines) is 1. The third-order valence-corrected chi connectivity index (χ3v) is 5.18. The van der Waals surface area contributed by atoms with Crippen molar-refractivity contribution in [2.24, 2.45) is 0 Å². The standard InChI is InChI=1S/C22H26F2N2O2/c23-19-9-10-20(24)18(14-19)15-25-16-22(28)11-5-13-26(21(22)27)12-4-8-17-6-2-1-3-7-17/h1-3,6-7,9-10,14,25,28H,4-5,8,11-13,15-16H2/t22-/m1/s1. The molecule has 2 aromatic rings. The smallest absolute Gasteiger partial charge is 0.255 e. The Morgan fingerprint density at radius 3 is 2.71 bits per heavy atom. The fourth-order valence-corrected chi connectivity index (χ4v) is 3.64. The van der Waals surface area contributed by atoms with E-state index in [1.807, 2.05) is 18.2 Å². The van der Waals surface area contributed by atoms with E-state index in [2.05, 4.69) is 17.4 Å². The molecule has 0 aromatic heterocycles. The zero-order valence-corrected chi connectivity index (χ0v) is 15.8. The van der Waals surface area contributed by atoms with Gasteiger partial charge in [-0.1, -0.05) is 30.3 Å². The average Bonchev–Trinajstić information content (AvgIpc) is 2.69. The van der Waals surface area contributed by atoms with Crippen LogP contribution in [0, 0.1) is 11.6 Å². The summed E-state index contributed by atoms with van der Waals surface area (Å²) in [5.41, 5.74) is -0.109. The highest BCUT2D eigenvalue weighted by Crippen LogP contribution is 2.23. The molecule has 0 saturated carbocycles. The fraction of sp³-hybridized carbons (Fsp3) is 0.409. The van der Waals surface area contributed by atoms with Crippen molar-refractivity contribution in [3.63, 3.8) is 0 Å². The third kappa shape index (κ3) is 5.14. The lowest BCUT2D eigenvalue weighted by molar-refractivity contribution is -0.156. The van der Waals surface area contributed by atoms with Gasteiger partial charge >= 0.3 is 0 Å². The van der Waals surface area contributed by atoms with Gasteiger partial charge in [0.25, 0.3) is 5.91 Å². The Morgan fingerprint density at radius 2 is 1.93 bits per heavy atom. The molecule has 4 nitrogen and oxygen atoms in total. The second kappa shape index (κ2) is 9.26. The molecule has 1 saturated heterocycles. The molecule has 1 fully saturated rings. The number of nitrogens with zero attached hydrogens (tertiary/aromatic N) is 1. The van der Waals surface area contributed by atoms with E-state index in [1.54, 1.807) is 4.90 Å². The fourth-order valence-electron chi connectivity index (χ4n) is 3.64. The van der Waals surface area contributed by atoms with Gasteiger partial charge in [0.1, 0.15) is 11.6 Å². The quantitative estimate of drug-likeness (QED) is 0.731. The van der Waals surface area contributed by atoms with E-state index in [4.69, 9.17) is 0 Å². The summed E-state index contributed by atoms with van der Waals surface area (Å²) in [7, 11) is 0. The molecule has 1 heterocycles. The number of hydrogen-bond donors (Lipinski definition) is 2. The van der Waals surface area contributed by atoms with Crippen molar-refractivity contribution in [1.29, 1.82) is 0 Å². The first-order chi connectivity index (χ1) is 13.5. The van der Waals surface area contributed by atoms with Gasteiger partial charge in [0, 0.05) is 31.7 Å². The molecule has 28 heavy (non-hydrogen) atoms. The first-order valence-electron chi connectivity index (χ1n) is 9.68. The Hall–Kier alpha value is -2.31. The summed E-state index contributed by atoms with van der Waals surface area (Å²) < 4.78 is 27.0. The molecule has 6 heteroatoms. The van der Waals surface area contributed by atoms with Gasteiger partial charge in [-0.15, -0.1) is 0 Å². The number of benzene rings is 2. The number of carbonyl (C=O) groups excluding carboxylic acids is 1. The van der Waals surface area contributed by atoms with Crippen LogP contribution in [0.5, 0.6) is 0 Å². The topological polar surface area (TPSA) is 52.6 Å². The first kappa shape index (κ1) is 20.4. The van der Waals surface area contributed by atoms with Crippen LogP contribution < -0.4 is 5.32 Å². The van der Waals surface area contributed by atoms with Crippen LogP contribution in [0.2, 0.25) is 0 Å². The molecule has 1 atom stereocenters. The number of aliphatic hydroxyl groups is 1. The second-order valence-electron chi connectivity index (χ2n) is 7.36. The van der Waals surface area contributed by atoms with Crippen LogP contribution in [0.25, 0.3) is 0 Å². The molecule has 0 aliphatic carbocycles. The Bertz CT molecular complexity index is 800. The molecular formula is C22H26F2N2O2. The zero-order chi connectivity index (χ0) is 20.0. The highest BCUT2D eigenvalue weighted by Gasteiger charge is 2.41. The minimum absolute atomic E-state index is 0.0109. The monoisotopic (exact) mass is 388 g/mol. The van der Waals surface area contributed by atoms with Crippen LogP contribution in [0.3, 0.4) is 0 Å². The van der Waals surface area contributed by atoms with Crippen molar-refractivity contribution < 1.29 is 18.7 Å². The Balaban J connectivity index is 1.51. The molecule has 1 aliphatic heterocycles. The van der Waals surface area contributed by atoms with Gasteiger partial charge in [-0.3, -0.25) is 4.79 Å². The summed E-state index contributed by atoms with van der Waals surface area (Å²) in [6.45, 7) is 1.28. The van der Waals surface area contributed by atoms with E-state index >= 15 is 0 Å². The molecule has 0 unspecified atom stereocenters. The van der Waals surface area contributed by atoms with Gasteiger partial charge in [0.2, 0.25) is 0 Å². The zero-order valence-electron chi connectivity index (χ0n) is 15.8. The van der Waals surface area contributed by atoms with E-state index in [1.165, 1.54) is 5.56 Å². The van der Waals surface area contributed by atoms with Crippen molar-refractivity contribution in [3.8, 4) is 0 Å². The summed E-state index contributed by atoms with van der Waals surface area (Å²) in [6, 6.07) is 13.3. The van der Waals surface area contributed by atoms with Gasteiger partial charge in [0.05, 0.1) is 0 Å². The van der Waals surface area contributed by atoms with Gasteiger partial charge in [0.15, 0.2) is 5.60 Å². The lowest BCUT2D eigenvalue weighted by Gasteiger charge is -2.38. The molecule has 150 valence electrons. The van der Waals surface area contributed by atoms with Crippen molar-refractivity contribution in [1.82, 2.24) is 10.2 Å². The number of rotatable bonds is 8. The van der Waals surface area contributed by atoms with E-state index in [0.29, 0.717) is 25.9 Å². The average molecular weight is 388 g/mol. The summed E-state index contributed by atoms with van der Waals surface area (Å²) in [6.07, 6.45) is 2.77. The maximum Gasteiger partial charge on any atom is 0.255 e. The highest BCUT2D eigenvalue weighted by molar-refractivity contribution is 5.86. The van der Waals surface area contributed by atoms with E-state index in [9.17, 15) is 18.7 Å². The van der Waals surface area contributed by atoms with Gasteiger partial charge in [-0.05, 0) is 49.4 Å². The number of piperidine rings is 1. The van der Waals surface area contributed by atoms with Crippen LogP contribution >= 0.6 is 0 Å². The third-order valence-electron chi connectivity index (χ3n) is 5.18. The van der Waals surface area contributed by atoms with Crippen molar-refractivity contribution >= 4 is 5.91 Å². The number of hydrogen-bond acceptors (Lipinski definition) is 3. The van der Waals surface area contributed by atoms with Crippen molar-refractivity contribution in [3.05, 3.63) is 71.3 Å². The largest absolute Gasteiger partial charge is 0.379 e. The van der Waals surface area contributed by atoms with Gasteiger partial charge in [-0.25, -0.2) is 8.78 Å². The SMILES string of the molecule is O=C1N(CCCc2ccccc2)CCC[C@@]1(O)CNCc1cc(F)ccc1F. The predicted molar refractivity (Wildman–Crippen MR) is 104 cm³/mol.